The van der Waals surface area contributed by atoms with Gasteiger partial charge in [-0.15, -0.1) is 0 Å². The van der Waals surface area contributed by atoms with Crippen LogP contribution >= 0.6 is 0 Å². The molecule has 0 aromatic rings. The minimum Gasteiger partial charge on any atom is -0.370 e. The minimum absolute atomic E-state index is 0.612. The first-order valence-electron chi connectivity index (χ1n) is 8.93. The number of nitrogens with two attached hydrogens (primary N) is 1. The summed E-state index contributed by atoms with van der Waals surface area (Å²) >= 11 is 0. The smallest absolute Gasteiger partial charge is 0.191 e. The fourth-order valence-corrected chi connectivity index (χ4v) is 4.57. The molecule has 2 aliphatic carbocycles. The molecule has 0 aromatic carbocycles. The van der Waals surface area contributed by atoms with E-state index in [0.29, 0.717) is 12.1 Å². The minimum atomic E-state index is 0.612. The van der Waals surface area contributed by atoms with E-state index in [1.807, 2.05) is 0 Å². The van der Waals surface area contributed by atoms with Crippen LogP contribution < -0.4 is 5.73 Å². The SMILES string of the molecule is NC1=NCC(CC2CCCCC2)N1C1CCCCCC1. The molecular weight excluding hydrogens is 246 g/mol. The molecular formula is C17H31N3. The van der Waals surface area contributed by atoms with E-state index in [-0.39, 0.29) is 0 Å². The summed E-state index contributed by atoms with van der Waals surface area (Å²) in [5.74, 6) is 1.78. The zero-order chi connectivity index (χ0) is 13.8. The molecule has 1 heterocycles. The van der Waals surface area contributed by atoms with Crippen molar-refractivity contribution in [3.8, 4) is 0 Å². The highest BCUT2D eigenvalue weighted by atomic mass is 15.3. The monoisotopic (exact) mass is 277 g/mol. The number of aliphatic imine (C=N–C) groups is 1. The molecule has 2 saturated carbocycles. The lowest BCUT2D eigenvalue weighted by atomic mass is 9.84. The molecule has 2 N–H and O–H groups in total. The van der Waals surface area contributed by atoms with Gasteiger partial charge in [0, 0.05) is 6.04 Å². The molecule has 3 aliphatic rings. The van der Waals surface area contributed by atoms with Crippen LogP contribution in [0.4, 0.5) is 0 Å². The lowest BCUT2D eigenvalue weighted by Crippen LogP contribution is -2.48. The van der Waals surface area contributed by atoms with Gasteiger partial charge in [-0.05, 0) is 25.2 Å². The predicted octanol–water partition coefficient (Wildman–Crippen LogP) is 3.68. The van der Waals surface area contributed by atoms with Gasteiger partial charge in [0.15, 0.2) is 5.96 Å². The Kier molecular flexibility index (Phi) is 4.85. The predicted molar refractivity (Wildman–Crippen MR) is 84.8 cm³/mol. The zero-order valence-corrected chi connectivity index (χ0v) is 12.9. The molecule has 0 saturated heterocycles. The van der Waals surface area contributed by atoms with Crippen molar-refractivity contribution in [2.24, 2.45) is 16.6 Å². The van der Waals surface area contributed by atoms with E-state index in [9.17, 15) is 0 Å². The van der Waals surface area contributed by atoms with Gasteiger partial charge in [0.05, 0.1) is 12.6 Å². The summed E-state index contributed by atoms with van der Waals surface area (Å²) in [6.07, 6.45) is 16.8. The Bertz CT molecular complexity index is 325. The molecule has 1 aliphatic heterocycles. The van der Waals surface area contributed by atoms with Gasteiger partial charge in [0.25, 0.3) is 0 Å². The second-order valence-corrected chi connectivity index (χ2v) is 7.15. The first-order chi connectivity index (χ1) is 9.84. The number of rotatable bonds is 3. The molecule has 20 heavy (non-hydrogen) atoms. The van der Waals surface area contributed by atoms with Crippen LogP contribution in [0.3, 0.4) is 0 Å². The first kappa shape index (κ1) is 14.2. The average Bonchev–Trinajstić information content (AvgIpc) is 2.69. The van der Waals surface area contributed by atoms with Crippen LogP contribution in [0.5, 0.6) is 0 Å². The quantitative estimate of drug-likeness (QED) is 0.800. The summed E-state index contributed by atoms with van der Waals surface area (Å²) in [6, 6.07) is 1.29. The fraction of sp³-hybridized carbons (Fsp3) is 0.941. The Balaban J connectivity index is 1.61. The topological polar surface area (TPSA) is 41.6 Å². The highest BCUT2D eigenvalue weighted by Crippen LogP contribution is 2.32. The van der Waals surface area contributed by atoms with Gasteiger partial charge in [0.1, 0.15) is 0 Å². The van der Waals surface area contributed by atoms with Crippen LogP contribution in [0.1, 0.15) is 77.0 Å². The van der Waals surface area contributed by atoms with Crippen LogP contribution in [0.25, 0.3) is 0 Å². The van der Waals surface area contributed by atoms with Gasteiger partial charge in [0.2, 0.25) is 0 Å². The molecule has 3 heteroatoms. The Morgan fingerprint density at radius 1 is 0.900 bits per heavy atom. The number of nitrogens with zero attached hydrogens (tertiary/aromatic N) is 2. The maximum atomic E-state index is 6.23. The fourth-order valence-electron chi connectivity index (χ4n) is 4.57. The van der Waals surface area contributed by atoms with Crippen molar-refractivity contribution >= 4 is 5.96 Å². The van der Waals surface area contributed by atoms with E-state index in [1.54, 1.807) is 0 Å². The summed E-state index contributed by atoms with van der Waals surface area (Å²) < 4.78 is 0. The number of hydrogen-bond acceptors (Lipinski definition) is 3. The molecule has 3 rings (SSSR count). The Morgan fingerprint density at radius 3 is 2.20 bits per heavy atom. The highest BCUT2D eigenvalue weighted by molar-refractivity contribution is 5.80. The van der Waals surface area contributed by atoms with Crippen molar-refractivity contribution in [3.63, 3.8) is 0 Å². The van der Waals surface area contributed by atoms with E-state index in [1.165, 1.54) is 77.0 Å². The van der Waals surface area contributed by atoms with Crippen molar-refractivity contribution < 1.29 is 0 Å². The lowest BCUT2D eigenvalue weighted by Gasteiger charge is -2.36. The molecule has 2 fully saturated rings. The van der Waals surface area contributed by atoms with Crippen LogP contribution in [-0.4, -0.2) is 29.5 Å². The highest BCUT2D eigenvalue weighted by Gasteiger charge is 2.33. The molecule has 0 amide bonds. The van der Waals surface area contributed by atoms with Gasteiger partial charge < -0.3 is 10.6 Å². The summed E-state index contributed by atoms with van der Waals surface area (Å²) in [7, 11) is 0. The summed E-state index contributed by atoms with van der Waals surface area (Å²) in [4.78, 5) is 7.12. The number of guanidine groups is 1. The molecule has 0 aromatic heterocycles. The third-order valence-corrected chi connectivity index (χ3v) is 5.67. The molecule has 1 atom stereocenters. The first-order valence-corrected chi connectivity index (χ1v) is 8.93. The van der Waals surface area contributed by atoms with Crippen LogP contribution in [0.15, 0.2) is 4.99 Å². The van der Waals surface area contributed by atoms with Gasteiger partial charge in [-0.25, -0.2) is 0 Å². The van der Waals surface area contributed by atoms with E-state index in [0.717, 1.165) is 18.4 Å². The van der Waals surface area contributed by atoms with Crippen LogP contribution in [0.2, 0.25) is 0 Å². The van der Waals surface area contributed by atoms with Crippen molar-refractivity contribution in [2.75, 3.05) is 6.54 Å². The Morgan fingerprint density at radius 2 is 1.50 bits per heavy atom. The molecule has 114 valence electrons. The third kappa shape index (κ3) is 3.29. The second-order valence-electron chi connectivity index (χ2n) is 7.15. The van der Waals surface area contributed by atoms with Gasteiger partial charge in [-0.3, -0.25) is 4.99 Å². The standard InChI is InChI=1S/C17H31N3/c18-17-19-13-16(12-14-8-4-3-5-9-14)20(17)15-10-6-1-2-7-11-15/h14-16H,1-13H2,(H2,18,19). The van der Waals surface area contributed by atoms with Crippen molar-refractivity contribution in [1.82, 2.24) is 4.90 Å². The normalized spacial score (nSPS) is 30.3. The van der Waals surface area contributed by atoms with Gasteiger partial charge in [-0.2, -0.15) is 0 Å². The molecule has 0 radical (unpaired) electrons. The molecule has 0 bridgehead atoms. The van der Waals surface area contributed by atoms with Gasteiger partial charge >= 0.3 is 0 Å². The summed E-state index contributed by atoms with van der Waals surface area (Å²) in [5.41, 5.74) is 6.23. The van der Waals surface area contributed by atoms with E-state index in [2.05, 4.69) is 9.89 Å². The maximum absolute atomic E-state index is 6.23. The lowest BCUT2D eigenvalue weighted by molar-refractivity contribution is 0.191. The van der Waals surface area contributed by atoms with Gasteiger partial charge in [-0.1, -0.05) is 57.8 Å². The zero-order valence-electron chi connectivity index (χ0n) is 12.9. The van der Waals surface area contributed by atoms with Crippen molar-refractivity contribution in [3.05, 3.63) is 0 Å². The van der Waals surface area contributed by atoms with E-state index >= 15 is 0 Å². The summed E-state index contributed by atoms with van der Waals surface area (Å²) in [5, 5.41) is 0. The van der Waals surface area contributed by atoms with Crippen molar-refractivity contribution in [1.29, 1.82) is 0 Å². The number of hydrogen-bond donors (Lipinski definition) is 1. The molecule has 1 unspecified atom stereocenters. The van der Waals surface area contributed by atoms with E-state index in [4.69, 9.17) is 5.73 Å². The van der Waals surface area contributed by atoms with E-state index < -0.39 is 0 Å². The molecule has 0 spiro atoms. The van der Waals surface area contributed by atoms with Crippen LogP contribution in [-0.2, 0) is 0 Å². The third-order valence-electron chi connectivity index (χ3n) is 5.67. The Labute approximate surface area is 124 Å². The van der Waals surface area contributed by atoms with Crippen molar-refractivity contribution in [2.45, 2.75) is 89.1 Å². The largest absolute Gasteiger partial charge is 0.370 e. The second kappa shape index (κ2) is 6.82. The summed E-state index contributed by atoms with van der Waals surface area (Å²) in [6.45, 7) is 0.957. The average molecular weight is 277 g/mol. The Hall–Kier alpha value is -0.730. The maximum Gasteiger partial charge on any atom is 0.191 e. The molecule has 3 nitrogen and oxygen atoms in total. The van der Waals surface area contributed by atoms with Crippen LogP contribution in [0, 0.1) is 5.92 Å².